The molecule has 0 atom stereocenters. The zero-order chi connectivity index (χ0) is 17.0. The number of nitrogens with zero attached hydrogens (tertiary/aromatic N) is 1. The highest BCUT2D eigenvalue weighted by molar-refractivity contribution is 5.92. The lowest BCUT2D eigenvalue weighted by molar-refractivity contribution is -0.116. The third kappa shape index (κ3) is 4.31. The van der Waals surface area contributed by atoms with Gasteiger partial charge < -0.3 is 10.1 Å². The molecular weight excluding hydrogens is 288 g/mol. The van der Waals surface area contributed by atoms with Crippen molar-refractivity contribution in [3.63, 3.8) is 0 Å². The van der Waals surface area contributed by atoms with Gasteiger partial charge in [-0.1, -0.05) is 12.1 Å². The number of carbonyl (C=O) groups excluding carboxylic acids is 1. The van der Waals surface area contributed by atoms with Crippen LogP contribution in [0.1, 0.15) is 34.5 Å². The molecule has 0 unspecified atom stereocenters. The number of hydrogen-bond acceptors (Lipinski definition) is 3. The van der Waals surface area contributed by atoms with E-state index in [2.05, 4.69) is 10.3 Å². The van der Waals surface area contributed by atoms with Crippen molar-refractivity contribution in [2.24, 2.45) is 0 Å². The highest BCUT2D eigenvalue weighted by atomic mass is 16.5. The van der Waals surface area contributed by atoms with Crippen LogP contribution < -0.4 is 10.1 Å². The van der Waals surface area contributed by atoms with Crippen LogP contribution in [-0.4, -0.2) is 17.5 Å². The molecule has 0 fully saturated rings. The lowest BCUT2D eigenvalue weighted by Gasteiger charge is -2.13. The Morgan fingerprint density at radius 1 is 1.13 bits per heavy atom. The van der Waals surface area contributed by atoms with Crippen molar-refractivity contribution >= 4 is 11.6 Å². The van der Waals surface area contributed by atoms with Crippen LogP contribution in [0.4, 0.5) is 5.69 Å². The van der Waals surface area contributed by atoms with Crippen LogP contribution in [0.15, 0.2) is 24.3 Å². The zero-order valence-corrected chi connectivity index (χ0v) is 14.5. The summed E-state index contributed by atoms with van der Waals surface area (Å²) in [5.74, 6) is 0.773. The molecule has 0 spiro atoms. The molecular formula is C19H24N2O2. The van der Waals surface area contributed by atoms with Crippen molar-refractivity contribution in [3.05, 3.63) is 52.3 Å². The van der Waals surface area contributed by atoms with E-state index in [1.807, 2.05) is 58.9 Å². The molecule has 1 heterocycles. The molecule has 1 aromatic carbocycles. The molecule has 0 aliphatic rings. The summed E-state index contributed by atoms with van der Waals surface area (Å²) in [6, 6.07) is 7.90. The van der Waals surface area contributed by atoms with E-state index in [-0.39, 0.29) is 5.91 Å². The van der Waals surface area contributed by atoms with Crippen molar-refractivity contribution < 1.29 is 9.53 Å². The van der Waals surface area contributed by atoms with E-state index in [0.29, 0.717) is 13.0 Å². The number of hydrogen-bond donors (Lipinski definition) is 1. The minimum absolute atomic E-state index is 0.0628. The van der Waals surface area contributed by atoms with E-state index < -0.39 is 0 Å². The van der Waals surface area contributed by atoms with Crippen molar-refractivity contribution in [1.82, 2.24) is 4.98 Å². The smallest absolute Gasteiger partial charge is 0.227 e. The van der Waals surface area contributed by atoms with E-state index in [9.17, 15) is 4.79 Å². The van der Waals surface area contributed by atoms with Gasteiger partial charge in [-0.3, -0.25) is 9.78 Å². The molecule has 0 bridgehead atoms. The molecule has 122 valence electrons. The fourth-order valence-electron chi connectivity index (χ4n) is 2.55. The van der Waals surface area contributed by atoms with Crippen LogP contribution >= 0.6 is 0 Å². The maximum Gasteiger partial charge on any atom is 0.227 e. The quantitative estimate of drug-likeness (QED) is 0.907. The zero-order valence-electron chi connectivity index (χ0n) is 14.5. The van der Waals surface area contributed by atoms with Gasteiger partial charge in [-0.05, 0) is 63.4 Å². The van der Waals surface area contributed by atoms with Crippen LogP contribution in [0.25, 0.3) is 0 Å². The van der Waals surface area contributed by atoms with Gasteiger partial charge >= 0.3 is 0 Å². The second kappa shape index (κ2) is 7.27. The number of nitrogens with one attached hydrogen (secondary N) is 1. The third-order valence-electron chi connectivity index (χ3n) is 3.93. The van der Waals surface area contributed by atoms with E-state index in [1.165, 1.54) is 5.56 Å². The summed E-state index contributed by atoms with van der Waals surface area (Å²) in [6.45, 7) is 10.3. The lowest BCUT2D eigenvalue weighted by atomic mass is 10.1. The number of carbonyl (C=O) groups is 1. The van der Waals surface area contributed by atoms with Crippen molar-refractivity contribution in [1.29, 1.82) is 0 Å². The number of rotatable bonds is 5. The van der Waals surface area contributed by atoms with Gasteiger partial charge in [0, 0.05) is 5.69 Å². The van der Waals surface area contributed by atoms with Gasteiger partial charge in [0.15, 0.2) is 0 Å². The molecule has 1 N–H and O–H groups in total. The van der Waals surface area contributed by atoms with E-state index in [0.717, 1.165) is 34.0 Å². The summed E-state index contributed by atoms with van der Waals surface area (Å²) >= 11 is 0. The molecule has 0 radical (unpaired) electrons. The Morgan fingerprint density at radius 3 is 2.57 bits per heavy atom. The minimum Gasteiger partial charge on any atom is -0.493 e. The number of anilines is 1. The molecule has 0 aliphatic carbocycles. The van der Waals surface area contributed by atoms with Crippen LogP contribution in [-0.2, 0) is 4.79 Å². The summed E-state index contributed by atoms with van der Waals surface area (Å²) in [7, 11) is 0. The first-order valence-corrected chi connectivity index (χ1v) is 7.82. The van der Waals surface area contributed by atoms with Crippen molar-refractivity contribution in [2.45, 2.75) is 41.0 Å². The first-order chi connectivity index (χ1) is 10.9. The van der Waals surface area contributed by atoms with E-state index >= 15 is 0 Å². The van der Waals surface area contributed by atoms with Crippen LogP contribution in [0, 0.1) is 34.6 Å². The molecule has 4 nitrogen and oxygen atoms in total. The molecule has 1 aromatic heterocycles. The van der Waals surface area contributed by atoms with Gasteiger partial charge in [0.25, 0.3) is 0 Å². The Balaban J connectivity index is 1.92. The number of aryl methyl sites for hydroxylation is 4. The molecule has 0 aliphatic heterocycles. The lowest BCUT2D eigenvalue weighted by Crippen LogP contribution is -2.17. The Kier molecular flexibility index (Phi) is 5.37. The predicted molar refractivity (Wildman–Crippen MR) is 93.1 cm³/mol. The number of pyridine rings is 1. The summed E-state index contributed by atoms with van der Waals surface area (Å²) in [4.78, 5) is 16.5. The van der Waals surface area contributed by atoms with Gasteiger partial charge in [0.1, 0.15) is 5.75 Å². The van der Waals surface area contributed by atoms with Crippen molar-refractivity contribution in [3.8, 4) is 5.75 Å². The Labute approximate surface area is 137 Å². The van der Waals surface area contributed by atoms with Gasteiger partial charge in [-0.15, -0.1) is 0 Å². The predicted octanol–water partition coefficient (Wildman–Crippen LogP) is 4.03. The Bertz CT molecular complexity index is 700. The first kappa shape index (κ1) is 17.0. The number of benzene rings is 1. The highest BCUT2D eigenvalue weighted by Crippen LogP contribution is 2.21. The summed E-state index contributed by atoms with van der Waals surface area (Å²) in [6.07, 6.45) is 0.306. The molecule has 23 heavy (non-hydrogen) atoms. The summed E-state index contributed by atoms with van der Waals surface area (Å²) in [5, 5.41) is 2.94. The highest BCUT2D eigenvalue weighted by Gasteiger charge is 2.10. The normalized spacial score (nSPS) is 10.5. The Hall–Kier alpha value is -2.36. The standard InChI is InChI=1S/C19H24N2O2/c1-12-7-6-8-17(15(12)4)23-10-9-18(22)21-19-13(2)11-14(3)20-16(19)5/h6-8,11H,9-10H2,1-5H3,(H,21,22). The van der Waals surface area contributed by atoms with Gasteiger partial charge in [-0.2, -0.15) is 0 Å². The topological polar surface area (TPSA) is 51.2 Å². The number of aromatic nitrogens is 1. The molecule has 4 heteroatoms. The molecule has 2 rings (SSSR count). The van der Waals surface area contributed by atoms with Gasteiger partial charge in [-0.25, -0.2) is 0 Å². The molecule has 2 aromatic rings. The molecule has 0 saturated heterocycles. The maximum atomic E-state index is 12.1. The van der Waals surface area contributed by atoms with Crippen molar-refractivity contribution in [2.75, 3.05) is 11.9 Å². The Morgan fingerprint density at radius 2 is 1.87 bits per heavy atom. The van der Waals surface area contributed by atoms with E-state index in [4.69, 9.17) is 4.74 Å². The second-order valence-electron chi connectivity index (χ2n) is 5.89. The number of ether oxygens (including phenoxy) is 1. The van der Waals surface area contributed by atoms with Gasteiger partial charge in [0.05, 0.1) is 24.4 Å². The second-order valence-corrected chi connectivity index (χ2v) is 5.89. The monoisotopic (exact) mass is 312 g/mol. The molecule has 0 saturated carbocycles. The summed E-state index contributed by atoms with van der Waals surface area (Å²) in [5.41, 5.74) is 5.92. The first-order valence-electron chi connectivity index (χ1n) is 7.82. The molecule has 1 amide bonds. The average Bonchev–Trinajstić information content (AvgIpc) is 2.47. The third-order valence-corrected chi connectivity index (χ3v) is 3.93. The van der Waals surface area contributed by atoms with Gasteiger partial charge in [0.2, 0.25) is 5.91 Å². The maximum absolute atomic E-state index is 12.1. The fourth-order valence-corrected chi connectivity index (χ4v) is 2.55. The van der Waals surface area contributed by atoms with E-state index in [1.54, 1.807) is 0 Å². The SMILES string of the molecule is Cc1cc(C)c(NC(=O)CCOc2cccc(C)c2C)c(C)n1. The fraction of sp³-hybridized carbons (Fsp3) is 0.368. The summed E-state index contributed by atoms with van der Waals surface area (Å²) < 4.78 is 5.73. The van der Waals surface area contributed by atoms with Crippen LogP contribution in [0.2, 0.25) is 0 Å². The minimum atomic E-state index is -0.0628. The van der Waals surface area contributed by atoms with Crippen LogP contribution in [0.3, 0.4) is 0 Å². The average molecular weight is 312 g/mol. The van der Waals surface area contributed by atoms with Crippen LogP contribution in [0.5, 0.6) is 5.75 Å². The number of amides is 1. The largest absolute Gasteiger partial charge is 0.493 e.